The lowest BCUT2D eigenvalue weighted by atomic mass is 10.2. The summed E-state index contributed by atoms with van der Waals surface area (Å²) in [6.07, 6.45) is 9.83. The van der Waals surface area contributed by atoms with Crippen LogP contribution in [0.4, 0.5) is 4.39 Å². The maximum absolute atomic E-state index is 13.0. The minimum Gasteiger partial charge on any atom is -0.356 e. The van der Waals surface area contributed by atoms with Crippen molar-refractivity contribution in [3.05, 3.63) is 72.0 Å². The van der Waals surface area contributed by atoms with Gasteiger partial charge in [-0.3, -0.25) is 9.69 Å². The molecular formula is C19H21FN4O. The number of hydrogen-bond donors (Lipinski definition) is 1. The van der Waals surface area contributed by atoms with Crippen molar-refractivity contribution in [1.82, 2.24) is 20.0 Å². The summed E-state index contributed by atoms with van der Waals surface area (Å²) in [6.45, 7) is 3.84. The SMILES string of the molecule is O=C(C1=CN2C=CC=CC2N1)N1CCN(Cc2ccc(F)cc2)CC1. The van der Waals surface area contributed by atoms with E-state index in [9.17, 15) is 9.18 Å². The molecule has 1 atom stereocenters. The molecule has 1 N–H and O–H groups in total. The molecule has 3 heterocycles. The molecule has 4 rings (SSSR count). The molecule has 1 aromatic rings. The fourth-order valence-corrected chi connectivity index (χ4v) is 3.35. The Balaban J connectivity index is 1.31. The first kappa shape index (κ1) is 15.9. The highest BCUT2D eigenvalue weighted by molar-refractivity contribution is 5.93. The van der Waals surface area contributed by atoms with Crippen LogP contribution in [0.15, 0.2) is 60.6 Å². The molecule has 1 saturated heterocycles. The minimum absolute atomic E-state index is 0.0451. The molecule has 0 saturated carbocycles. The van der Waals surface area contributed by atoms with Crippen molar-refractivity contribution in [3.8, 4) is 0 Å². The van der Waals surface area contributed by atoms with Crippen molar-refractivity contribution in [3.63, 3.8) is 0 Å². The van der Waals surface area contributed by atoms with Crippen LogP contribution < -0.4 is 5.32 Å². The van der Waals surface area contributed by atoms with Gasteiger partial charge >= 0.3 is 0 Å². The molecule has 1 aromatic carbocycles. The maximum atomic E-state index is 13.0. The number of benzene rings is 1. The second-order valence-corrected chi connectivity index (χ2v) is 6.50. The van der Waals surface area contributed by atoms with Crippen LogP contribution >= 0.6 is 0 Å². The van der Waals surface area contributed by atoms with E-state index in [0.29, 0.717) is 18.8 Å². The van der Waals surface area contributed by atoms with Crippen LogP contribution in [0.3, 0.4) is 0 Å². The minimum atomic E-state index is -0.211. The van der Waals surface area contributed by atoms with E-state index in [4.69, 9.17) is 0 Å². The lowest BCUT2D eigenvalue weighted by Crippen LogP contribution is -2.49. The summed E-state index contributed by atoms with van der Waals surface area (Å²) >= 11 is 0. The van der Waals surface area contributed by atoms with Gasteiger partial charge in [0.2, 0.25) is 0 Å². The normalized spacial score (nSPS) is 22.6. The Hall–Kier alpha value is -2.60. The average molecular weight is 340 g/mol. The number of carbonyl (C=O) groups is 1. The zero-order valence-electron chi connectivity index (χ0n) is 13.9. The summed E-state index contributed by atoms with van der Waals surface area (Å²) in [5.74, 6) is -0.157. The Kier molecular flexibility index (Phi) is 4.28. The summed E-state index contributed by atoms with van der Waals surface area (Å²) in [4.78, 5) is 18.9. The number of carbonyl (C=O) groups excluding carboxylic acids is 1. The predicted molar refractivity (Wildman–Crippen MR) is 93.4 cm³/mol. The van der Waals surface area contributed by atoms with E-state index in [1.165, 1.54) is 12.1 Å². The number of amides is 1. The fourth-order valence-electron chi connectivity index (χ4n) is 3.35. The highest BCUT2D eigenvalue weighted by Gasteiger charge is 2.29. The largest absolute Gasteiger partial charge is 0.356 e. The van der Waals surface area contributed by atoms with Crippen LogP contribution in [0.25, 0.3) is 0 Å². The molecule has 1 amide bonds. The number of hydrogen-bond acceptors (Lipinski definition) is 4. The highest BCUT2D eigenvalue weighted by atomic mass is 19.1. The first-order chi connectivity index (χ1) is 12.2. The molecule has 5 nitrogen and oxygen atoms in total. The second-order valence-electron chi connectivity index (χ2n) is 6.50. The Morgan fingerprint density at radius 2 is 1.88 bits per heavy atom. The Morgan fingerprint density at radius 1 is 1.12 bits per heavy atom. The number of nitrogens with zero attached hydrogens (tertiary/aromatic N) is 3. The van der Waals surface area contributed by atoms with E-state index in [1.54, 1.807) is 0 Å². The second kappa shape index (κ2) is 6.72. The van der Waals surface area contributed by atoms with Crippen molar-refractivity contribution in [2.75, 3.05) is 26.2 Å². The third-order valence-corrected chi connectivity index (χ3v) is 4.77. The molecule has 3 aliphatic rings. The Labute approximate surface area is 146 Å². The van der Waals surface area contributed by atoms with Crippen LogP contribution in [0.5, 0.6) is 0 Å². The van der Waals surface area contributed by atoms with Crippen molar-refractivity contribution in [2.24, 2.45) is 0 Å². The van der Waals surface area contributed by atoms with Gasteiger partial charge in [-0.25, -0.2) is 4.39 Å². The smallest absolute Gasteiger partial charge is 0.271 e. The van der Waals surface area contributed by atoms with Gasteiger partial charge in [0, 0.05) is 45.1 Å². The summed E-state index contributed by atoms with van der Waals surface area (Å²) < 4.78 is 13.0. The molecule has 25 heavy (non-hydrogen) atoms. The van der Waals surface area contributed by atoms with Crippen molar-refractivity contribution < 1.29 is 9.18 Å². The quantitative estimate of drug-likeness (QED) is 0.908. The predicted octanol–water partition coefficient (Wildman–Crippen LogP) is 1.63. The molecule has 1 fully saturated rings. The lowest BCUT2D eigenvalue weighted by molar-refractivity contribution is -0.129. The zero-order chi connectivity index (χ0) is 17.2. The number of fused-ring (bicyclic) bond motifs is 1. The van der Waals surface area contributed by atoms with E-state index in [1.807, 2.05) is 52.6 Å². The van der Waals surface area contributed by atoms with E-state index < -0.39 is 0 Å². The van der Waals surface area contributed by atoms with Crippen molar-refractivity contribution in [1.29, 1.82) is 0 Å². The van der Waals surface area contributed by atoms with Gasteiger partial charge in [-0.1, -0.05) is 18.2 Å². The number of piperazine rings is 1. The molecule has 130 valence electrons. The summed E-state index contributed by atoms with van der Waals surface area (Å²) in [6, 6.07) is 6.62. The number of nitrogens with one attached hydrogen (secondary N) is 1. The van der Waals surface area contributed by atoms with Crippen LogP contribution in [-0.4, -0.2) is 53.0 Å². The van der Waals surface area contributed by atoms with Gasteiger partial charge in [-0.15, -0.1) is 0 Å². The molecule has 3 aliphatic heterocycles. The van der Waals surface area contributed by atoms with E-state index in [2.05, 4.69) is 10.2 Å². The van der Waals surface area contributed by atoms with Gasteiger partial charge in [0.15, 0.2) is 0 Å². The topological polar surface area (TPSA) is 38.8 Å². The highest BCUT2D eigenvalue weighted by Crippen LogP contribution is 2.18. The van der Waals surface area contributed by atoms with E-state index in [-0.39, 0.29) is 17.9 Å². The Morgan fingerprint density at radius 3 is 2.60 bits per heavy atom. The van der Waals surface area contributed by atoms with Crippen LogP contribution in [0.2, 0.25) is 0 Å². The summed E-state index contributed by atoms with van der Waals surface area (Å²) in [5, 5.41) is 3.25. The zero-order valence-corrected chi connectivity index (χ0v) is 13.9. The monoisotopic (exact) mass is 340 g/mol. The maximum Gasteiger partial charge on any atom is 0.271 e. The Bertz CT molecular complexity index is 732. The fraction of sp³-hybridized carbons (Fsp3) is 0.316. The third kappa shape index (κ3) is 3.44. The molecule has 0 aromatic heterocycles. The number of halogens is 1. The van der Waals surface area contributed by atoms with Gasteiger partial charge in [0.1, 0.15) is 17.7 Å². The molecule has 0 radical (unpaired) electrons. The van der Waals surface area contributed by atoms with Gasteiger partial charge in [0.25, 0.3) is 5.91 Å². The lowest BCUT2D eigenvalue weighted by Gasteiger charge is -2.35. The average Bonchev–Trinajstić information content (AvgIpc) is 3.08. The van der Waals surface area contributed by atoms with Gasteiger partial charge in [0.05, 0.1) is 0 Å². The molecule has 0 bridgehead atoms. The molecule has 0 spiro atoms. The van der Waals surface area contributed by atoms with Crippen LogP contribution in [0, 0.1) is 5.82 Å². The van der Waals surface area contributed by atoms with Gasteiger partial charge in [-0.2, -0.15) is 0 Å². The molecule has 0 aliphatic carbocycles. The van der Waals surface area contributed by atoms with E-state index in [0.717, 1.165) is 25.2 Å². The first-order valence-corrected chi connectivity index (χ1v) is 8.56. The third-order valence-electron chi connectivity index (χ3n) is 4.77. The van der Waals surface area contributed by atoms with Crippen LogP contribution in [-0.2, 0) is 11.3 Å². The molecule has 1 unspecified atom stereocenters. The number of rotatable bonds is 3. The van der Waals surface area contributed by atoms with Crippen molar-refractivity contribution >= 4 is 5.91 Å². The van der Waals surface area contributed by atoms with Crippen molar-refractivity contribution in [2.45, 2.75) is 12.7 Å². The standard InChI is InChI=1S/C19H21FN4O/c20-16-6-4-15(5-7-16)13-22-9-11-23(12-10-22)19(25)17-14-24-8-2-1-3-18(24)21-17/h1-8,14,18,21H,9-13H2. The summed E-state index contributed by atoms with van der Waals surface area (Å²) in [7, 11) is 0. The summed E-state index contributed by atoms with van der Waals surface area (Å²) in [5.41, 5.74) is 1.74. The first-order valence-electron chi connectivity index (χ1n) is 8.56. The van der Waals surface area contributed by atoms with E-state index >= 15 is 0 Å². The van der Waals surface area contributed by atoms with Gasteiger partial charge < -0.3 is 15.1 Å². The number of allylic oxidation sites excluding steroid dienone is 2. The van der Waals surface area contributed by atoms with Gasteiger partial charge in [-0.05, 0) is 29.8 Å². The molecular weight excluding hydrogens is 319 g/mol. The van der Waals surface area contributed by atoms with Crippen LogP contribution in [0.1, 0.15) is 5.56 Å². The molecule has 6 heteroatoms.